The van der Waals surface area contributed by atoms with Crippen LogP contribution in [0, 0.1) is 0 Å². The van der Waals surface area contributed by atoms with Crippen molar-refractivity contribution >= 4 is 33.3 Å². The first kappa shape index (κ1) is 20.2. The number of nitrogens with one attached hydrogen (secondary N) is 1. The Morgan fingerprint density at radius 2 is 2.00 bits per heavy atom. The van der Waals surface area contributed by atoms with Gasteiger partial charge in [0, 0.05) is 10.9 Å². The van der Waals surface area contributed by atoms with Crippen molar-refractivity contribution in [2.45, 2.75) is 38.8 Å². The number of benzene rings is 1. The van der Waals surface area contributed by atoms with Gasteiger partial charge in [-0.25, -0.2) is 14.8 Å². The summed E-state index contributed by atoms with van der Waals surface area (Å²) >= 11 is 1.56. The molecule has 0 saturated carbocycles. The third-order valence-electron chi connectivity index (χ3n) is 4.48. The molecule has 7 heteroatoms. The number of unbranched alkanes of at least 4 members (excludes halogenated alkanes) is 1. The number of nitrogens with zero attached hydrogens (tertiary/aromatic N) is 3. The van der Waals surface area contributed by atoms with Crippen LogP contribution >= 0.6 is 11.3 Å². The molecule has 3 aromatic rings. The molecule has 0 aliphatic carbocycles. The van der Waals surface area contributed by atoms with Crippen LogP contribution in [-0.4, -0.2) is 46.1 Å². The lowest BCUT2D eigenvalue weighted by atomic mass is 10.1. The first-order chi connectivity index (χ1) is 13.5. The first-order valence-electron chi connectivity index (χ1n) is 9.47. The number of hydrogen-bond donors (Lipinski definition) is 2. The van der Waals surface area contributed by atoms with Crippen LogP contribution in [0.1, 0.15) is 32.0 Å². The molecule has 0 aliphatic rings. The number of carboxylic acids is 1. The Labute approximate surface area is 169 Å². The average molecular weight is 399 g/mol. The summed E-state index contributed by atoms with van der Waals surface area (Å²) in [6.07, 6.45) is 2.35. The Bertz CT molecular complexity index is 940. The van der Waals surface area contributed by atoms with Gasteiger partial charge in [0.15, 0.2) is 0 Å². The van der Waals surface area contributed by atoms with Gasteiger partial charge < -0.3 is 15.3 Å². The van der Waals surface area contributed by atoms with Gasteiger partial charge in [-0.2, -0.15) is 0 Å². The van der Waals surface area contributed by atoms with Gasteiger partial charge in [0.1, 0.15) is 22.5 Å². The third-order valence-corrected chi connectivity index (χ3v) is 5.35. The molecule has 0 fully saturated rings. The molecular formula is C21H26N4O2S. The molecule has 0 radical (unpaired) electrons. The fourth-order valence-electron chi connectivity index (χ4n) is 3.10. The predicted octanol–water partition coefficient (Wildman–Crippen LogP) is 4.48. The molecular weight excluding hydrogens is 372 g/mol. The molecule has 1 aromatic carbocycles. The maximum Gasteiger partial charge on any atom is 0.326 e. The average Bonchev–Trinajstić information content (AvgIpc) is 3.09. The molecule has 3 rings (SSSR count). The smallest absolute Gasteiger partial charge is 0.326 e. The molecule has 2 heterocycles. The Morgan fingerprint density at radius 1 is 1.25 bits per heavy atom. The quantitative estimate of drug-likeness (QED) is 0.553. The van der Waals surface area contributed by atoms with Crippen LogP contribution in [0.25, 0.3) is 21.3 Å². The SMILES string of the molecule is CCCCC(Nc1nc(CN(C)C)nc2scc(-c3ccccc3)c12)C(=O)O. The lowest BCUT2D eigenvalue weighted by Crippen LogP contribution is -2.30. The van der Waals surface area contributed by atoms with Crippen molar-refractivity contribution in [1.82, 2.24) is 14.9 Å². The van der Waals surface area contributed by atoms with E-state index in [4.69, 9.17) is 9.97 Å². The van der Waals surface area contributed by atoms with Crippen molar-refractivity contribution in [1.29, 1.82) is 0 Å². The first-order valence-corrected chi connectivity index (χ1v) is 10.3. The lowest BCUT2D eigenvalue weighted by molar-refractivity contribution is -0.138. The monoisotopic (exact) mass is 398 g/mol. The zero-order chi connectivity index (χ0) is 20.1. The van der Waals surface area contributed by atoms with Crippen LogP contribution in [-0.2, 0) is 11.3 Å². The number of anilines is 1. The van der Waals surface area contributed by atoms with E-state index in [1.165, 1.54) is 0 Å². The van der Waals surface area contributed by atoms with Gasteiger partial charge in [-0.3, -0.25) is 0 Å². The third kappa shape index (κ3) is 4.66. The summed E-state index contributed by atoms with van der Waals surface area (Å²) in [7, 11) is 3.93. The second-order valence-electron chi connectivity index (χ2n) is 7.10. The fourth-order valence-corrected chi connectivity index (χ4v) is 4.07. The molecule has 28 heavy (non-hydrogen) atoms. The number of fused-ring (bicyclic) bond motifs is 1. The van der Waals surface area contributed by atoms with Crippen LogP contribution in [0.15, 0.2) is 35.7 Å². The highest BCUT2D eigenvalue weighted by atomic mass is 32.1. The minimum absolute atomic E-state index is 0.561. The molecule has 2 aromatic heterocycles. The molecule has 1 unspecified atom stereocenters. The van der Waals surface area contributed by atoms with Gasteiger partial charge in [-0.1, -0.05) is 50.1 Å². The second kappa shape index (κ2) is 9.12. The summed E-state index contributed by atoms with van der Waals surface area (Å²) in [6, 6.07) is 9.39. The van der Waals surface area contributed by atoms with Crippen LogP contribution < -0.4 is 5.32 Å². The van der Waals surface area contributed by atoms with Crippen LogP contribution in [0.5, 0.6) is 0 Å². The Hall–Kier alpha value is -2.51. The van der Waals surface area contributed by atoms with Crippen molar-refractivity contribution in [3.63, 3.8) is 0 Å². The number of aromatic nitrogens is 2. The van der Waals surface area contributed by atoms with Crippen molar-refractivity contribution < 1.29 is 9.90 Å². The maximum atomic E-state index is 11.8. The van der Waals surface area contributed by atoms with Gasteiger partial charge in [-0.15, -0.1) is 11.3 Å². The van der Waals surface area contributed by atoms with Crippen molar-refractivity contribution in [3.8, 4) is 11.1 Å². The standard InChI is InChI=1S/C21H26N4O2S/c1-4-5-11-16(21(26)27)22-19-18-15(14-9-7-6-8-10-14)13-28-20(18)24-17(23-19)12-25(2)3/h6-10,13,16H,4-5,11-12H2,1-3H3,(H,26,27)(H,22,23,24). The number of aliphatic carboxylic acids is 1. The van der Waals surface area contributed by atoms with E-state index in [0.29, 0.717) is 24.6 Å². The highest BCUT2D eigenvalue weighted by Crippen LogP contribution is 2.37. The number of carbonyl (C=O) groups is 1. The largest absolute Gasteiger partial charge is 0.480 e. The van der Waals surface area contributed by atoms with E-state index >= 15 is 0 Å². The Balaban J connectivity index is 2.10. The number of rotatable bonds is 9. The summed E-state index contributed by atoms with van der Waals surface area (Å²) in [5.41, 5.74) is 2.10. The highest BCUT2D eigenvalue weighted by molar-refractivity contribution is 7.17. The van der Waals surface area contributed by atoms with Crippen molar-refractivity contribution in [2.24, 2.45) is 0 Å². The van der Waals surface area contributed by atoms with Gasteiger partial charge in [-0.05, 0) is 26.1 Å². The second-order valence-corrected chi connectivity index (χ2v) is 7.96. The minimum atomic E-state index is -0.856. The molecule has 0 bridgehead atoms. The molecule has 0 saturated heterocycles. The van der Waals surface area contributed by atoms with E-state index in [1.807, 2.05) is 49.3 Å². The lowest BCUT2D eigenvalue weighted by Gasteiger charge is -2.17. The van der Waals surface area contributed by atoms with Crippen LogP contribution in [0.4, 0.5) is 5.82 Å². The van der Waals surface area contributed by atoms with Crippen LogP contribution in [0.2, 0.25) is 0 Å². The normalized spacial score (nSPS) is 12.4. The van der Waals surface area contributed by atoms with Crippen molar-refractivity contribution in [3.05, 3.63) is 41.5 Å². The van der Waals surface area contributed by atoms with E-state index in [2.05, 4.69) is 17.6 Å². The van der Waals surface area contributed by atoms with E-state index in [1.54, 1.807) is 11.3 Å². The van der Waals surface area contributed by atoms with E-state index in [0.717, 1.165) is 34.2 Å². The van der Waals surface area contributed by atoms with Gasteiger partial charge in [0.25, 0.3) is 0 Å². The maximum absolute atomic E-state index is 11.8. The molecule has 6 nitrogen and oxygen atoms in total. The minimum Gasteiger partial charge on any atom is -0.480 e. The van der Waals surface area contributed by atoms with Gasteiger partial charge >= 0.3 is 5.97 Å². The Morgan fingerprint density at radius 3 is 2.64 bits per heavy atom. The van der Waals surface area contributed by atoms with E-state index in [-0.39, 0.29) is 0 Å². The van der Waals surface area contributed by atoms with Gasteiger partial charge in [0.05, 0.1) is 11.9 Å². The molecule has 0 amide bonds. The zero-order valence-electron chi connectivity index (χ0n) is 16.5. The van der Waals surface area contributed by atoms with E-state index in [9.17, 15) is 9.90 Å². The molecule has 2 N–H and O–H groups in total. The van der Waals surface area contributed by atoms with Crippen molar-refractivity contribution in [2.75, 3.05) is 19.4 Å². The number of hydrogen-bond acceptors (Lipinski definition) is 6. The predicted molar refractivity (Wildman–Crippen MR) is 115 cm³/mol. The van der Waals surface area contributed by atoms with Crippen LogP contribution in [0.3, 0.4) is 0 Å². The Kier molecular flexibility index (Phi) is 6.59. The number of thiophene rings is 1. The summed E-state index contributed by atoms with van der Waals surface area (Å²) < 4.78 is 0. The zero-order valence-corrected chi connectivity index (χ0v) is 17.3. The number of carboxylic acid groups (broad SMARTS) is 1. The molecule has 0 aliphatic heterocycles. The highest BCUT2D eigenvalue weighted by Gasteiger charge is 2.22. The summed E-state index contributed by atoms with van der Waals surface area (Å²) in [5.74, 6) is 0.428. The fraction of sp³-hybridized carbons (Fsp3) is 0.381. The topological polar surface area (TPSA) is 78.4 Å². The molecule has 148 valence electrons. The summed E-state index contributed by atoms with van der Waals surface area (Å²) in [5, 5.41) is 15.8. The summed E-state index contributed by atoms with van der Waals surface area (Å²) in [4.78, 5) is 24.1. The summed E-state index contributed by atoms with van der Waals surface area (Å²) in [6.45, 7) is 2.65. The van der Waals surface area contributed by atoms with Gasteiger partial charge in [0.2, 0.25) is 0 Å². The molecule has 0 spiro atoms. The van der Waals surface area contributed by atoms with E-state index < -0.39 is 12.0 Å². The molecule has 1 atom stereocenters.